The van der Waals surface area contributed by atoms with Gasteiger partial charge in [-0.15, -0.1) is 0 Å². The molecule has 0 bridgehead atoms. The molecule has 0 radical (unpaired) electrons. The molecule has 1 amide bonds. The molecule has 0 aliphatic heterocycles. The number of carbonyl (C=O) groups is 2. The Morgan fingerprint density at radius 3 is 2.59 bits per heavy atom. The van der Waals surface area contributed by atoms with Gasteiger partial charge in [-0.05, 0) is 30.0 Å². The van der Waals surface area contributed by atoms with Gasteiger partial charge in [0.05, 0.1) is 20.1 Å². The number of nitrogens with one attached hydrogen (secondary N) is 1. The Kier molecular flexibility index (Phi) is 7.43. The Bertz CT molecular complexity index is 499. The van der Waals surface area contributed by atoms with Crippen LogP contribution in [-0.4, -0.2) is 31.6 Å². The highest BCUT2D eigenvalue weighted by Gasteiger charge is 2.20. The van der Waals surface area contributed by atoms with Gasteiger partial charge in [0.15, 0.2) is 0 Å². The molecule has 122 valence electrons. The van der Waals surface area contributed by atoms with Gasteiger partial charge in [0.1, 0.15) is 11.8 Å². The molecule has 0 saturated carbocycles. The van der Waals surface area contributed by atoms with Crippen LogP contribution in [0.2, 0.25) is 0 Å². The smallest absolute Gasteiger partial charge is 0.328 e. The topological polar surface area (TPSA) is 64.6 Å². The van der Waals surface area contributed by atoms with Crippen LogP contribution in [-0.2, 0) is 20.7 Å². The molecule has 1 aromatic rings. The number of hydrogen-bond donors (Lipinski definition) is 1. The SMILES string of the molecule is CCC(NC(=O)Cc1cccc(OC)c1)C(=O)OCC(C)C. The van der Waals surface area contributed by atoms with Gasteiger partial charge in [-0.3, -0.25) is 4.79 Å². The molecule has 1 unspecified atom stereocenters. The van der Waals surface area contributed by atoms with E-state index in [1.807, 2.05) is 39.0 Å². The average Bonchev–Trinajstić information content (AvgIpc) is 2.50. The fraction of sp³-hybridized carbons (Fsp3) is 0.529. The number of amides is 1. The zero-order valence-electron chi connectivity index (χ0n) is 13.7. The first-order chi connectivity index (χ1) is 10.5. The molecule has 5 nitrogen and oxygen atoms in total. The predicted octanol–water partition coefficient (Wildman–Crippen LogP) is 2.33. The highest BCUT2D eigenvalue weighted by molar-refractivity contribution is 5.85. The van der Waals surface area contributed by atoms with Crippen molar-refractivity contribution in [1.29, 1.82) is 0 Å². The Labute approximate surface area is 132 Å². The Balaban J connectivity index is 2.55. The van der Waals surface area contributed by atoms with Crippen molar-refractivity contribution in [3.63, 3.8) is 0 Å². The van der Waals surface area contributed by atoms with Gasteiger partial charge in [0.2, 0.25) is 5.91 Å². The second-order valence-corrected chi connectivity index (χ2v) is 5.58. The van der Waals surface area contributed by atoms with Crippen molar-refractivity contribution < 1.29 is 19.1 Å². The minimum atomic E-state index is -0.600. The Hall–Kier alpha value is -2.04. The molecule has 0 aromatic heterocycles. The molecule has 0 saturated heterocycles. The molecular weight excluding hydrogens is 282 g/mol. The van der Waals surface area contributed by atoms with E-state index in [0.717, 1.165) is 5.56 Å². The van der Waals surface area contributed by atoms with Crippen molar-refractivity contribution >= 4 is 11.9 Å². The fourth-order valence-electron chi connectivity index (χ4n) is 1.89. The Morgan fingerprint density at radius 1 is 1.27 bits per heavy atom. The molecule has 0 fully saturated rings. The van der Waals surface area contributed by atoms with Crippen LogP contribution in [0.5, 0.6) is 5.75 Å². The van der Waals surface area contributed by atoms with Crippen LogP contribution >= 0.6 is 0 Å². The maximum absolute atomic E-state index is 12.1. The van der Waals surface area contributed by atoms with Crippen molar-refractivity contribution in [3.05, 3.63) is 29.8 Å². The van der Waals surface area contributed by atoms with E-state index in [2.05, 4.69) is 5.32 Å². The quantitative estimate of drug-likeness (QED) is 0.749. The van der Waals surface area contributed by atoms with E-state index in [9.17, 15) is 9.59 Å². The summed E-state index contributed by atoms with van der Waals surface area (Å²) in [6.45, 7) is 6.14. The van der Waals surface area contributed by atoms with Crippen LogP contribution in [0.25, 0.3) is 0 Å². The zero-order chi connectivity index (χ0) is 16.5. The number of ether oxygens (including phenoxy) is 2. The molecule has 5 heteroatoms. The van der Waals surface area contributed by atoms with Crippen LogP contribution < -0.4 is 10.1 Å². The minimum Gasteiger partial charge on any atom is -0.497 e. The van der Waals surface area contributed by atoms with Crippen molar-refractivity contribution in [2.75, 3.05) is 13.7 Å². The monoisotopic (exact) mass is 307 g/mol. The zero-order valence-corrected chi connectivity index (χ0v) is 13.7. The van der Waals surface area contributed by atoms with E-state index in [1.54, 1.807) is 13.2 Å². The molecule has 1 rings (SSSR count). The molecule has 0 spiro atoms. The van der Waals surface area contributed by atoms with E-state index in [-0.39, 0.29) is 24.2 Å². The van der Waals surface area contributed by atoms with Gasteiger partial charge < -0.3 is 14.8 Å². The van der Waals surface area contributed by atoms with E-state index in [4.69, 9.17) is 9.47 Å². The number of rotatable bonds is 8. The molecule has 0 aliphatic carbocycles. The molecule has 0 heterocycles. The van der Waals surface area contributed by atoms with Crippen LogP contribution in [0.4, 0.5) is 0 Å². The first-order valence-corrected chi connectivity index (χ1v) is 7.55. The maximum atomic E-state index is 12.1. The summed E-state index contributed by atoms with van der Waals surface area (Å²) in [7, 11) is 1.58. The van der Waals surface area contributed by atoms with Crippen molar-refractivity contribution in [2.45, 2.75) is 39.7 Å². The third-order valence-corrected chi connectivity index (χ3v) is 3.09. The van der Waals surface area contributed by atoms with Crippen LogP contribution in [0.1, 0.15) is 32.8 Å². The number of methoxy groups -OCH3 is 1. The van der Waals surface area contributed by atoms with E-state index in [1.165, 1.54) is 0 Å². The standard InChI is InChI=1S/C17H25NO4/c1-5-15(17(20)22-11-12(2)3)18-16(19)10-13-7-6-8-14(9-13)21-4/h6-9,12,15H,5,10-11H2,1-4H3,(H,18,19). The van der Waals surface area contributed by atoms with Gasteiger partial charge in [0, 0.05) is 0 Å². The summed E-state index contributed by atoms with van der Waals surface area (Å²) in [5.74, 6) is 0.388. The fourth-order valence-corrected chi connectivity index (χ4v) is 1.89. The summed E-state index contributed by atoms with van der Waals surface area (Å²) in [5.41, 5.74) is 0.835. The lowest BCUT2D eigenvalue weighted by atomic mass is 10.1. The summed E-state index contributed by atoms with van der Waals surface area (Å²) in [6, 6.07) is 6.70. The summed E-state index contributed by atoms with van der Waals surface area (Å²) in [5, 5.41) is 2.72. The summed E-state index contributed by atoms with van der Waals surface area (Å²) >= 11 is 0. The molecule has 1 N–H and O–H groups in total. The van der Waals surface area contributed by atoms with Gasteiger partial charge in [-0.25, -0.2) is 4.79 Å². The first-order valence-electron chi connectivity index (χ1n) is 7.55. The van der Waals surface area contributed by atoms with Gasteiger partial charge in [0.25, 0.3) is 0 Å². The second-order valence-electron chi connectivity index (χ2n) is 5.58. The minimum absolute atomic E-state index is 0.200. The average molecular weight is 307 g/mol. The van der Waals surface area contributed by atoms with Gasteiger partial charge in [-0.2, -0.15) is 0 Å². The van der Waals surface area contributed by atoms with Crippen molar-refractivity contribution in [2.24, 2.45) is 5.92 Å². The Morgan fingerprint density at radius 2 is 2.00 bits per heavy atom. The molecule has 0 aliphatic rings. The number of carbonyl (C=O) groups excluding carboxylic acids is 2. The van der Waals surface area contributed by atoms with Crippen LogP contribution in [0.15, 0.2) is 24.3 Å². The summed E-state index contributed by atoms with van der Waals surface area (Å²) in [6.07, 6.45) is 0.700. The maximum Gasteiger partial charge on any atom is 0.328 e. The molecule has 1 aromatic carbocycles. The number of hydrogen-bond acceptors (Lipinski definition) is 4. The largest absolute Gasteiger partial charge is 0.497 e. The third-order valence-electron chi connectivity index (χ3n) is 3.09. The predicted molar refractivity (Wildman–Crippen MR) is 84.7 cm³/mol. The third kappa shape index (κ3) is 6.16. The molecular formula is C17H25NO4. The highest BCUT2D eigenvalue weighted by atomic mass is 16.5. The normalized spacial score (nSPS) is 11.9. The molecule has 1 atom stereocenters. The van der Waals surface area contributed by atoms with Gasteiger partial charge in [-0.1, -0.05) is 32.9 Å². The van der Waals surface area contributed by atoms with Crippen LogP contribution in [0, 0.1) is 5.92 Å². The van der Waals surface area contributed by atoms with Gasteiger partial charge >= 0.3 is 5.97 Å². The van der Waals surface area contributed by atoms with Crippen LogP contribution in [0.3, 0.4) is 0 Å². The highest BCUT2D eigenvalue weighted by Crippen LogP contribution is 2.13. The van der Waals surface area contributed by atoms with E-state index < -0.39 is 6.04 Å². The lowest BCUT2D eigenvalue weighted by molar-refractivity contribution is -0.149. The second kappa shape index (κ2) is 9.07. The summed E-state index contributed by atoms with van der Waals surface area (Å²) in [4.78, 5) is 24.0. The lowest BCUT2D eigenvalue weighted by Crippen LogP contribution is -2.42. The first kappa shape index (κ1) is 18.0. The summed E-state index contributed by atoms with van der Waals surface area (Å²) < 4.78 is 10.3. The van der Waals surface area contributed by atoms with E-state index in [0.29, 0.717) is 18.8 Å². The lowest BCUT2D eigenvalue weighted by Gasteiger charge is -2.17. The molecule has 22 heavy (non-hydrogen) atoms. The number of benzene rings is 1. The van der Waals surface area contributed by atoms with E-state index >= 15 is 0 Å². The van der Waals surface area contributed by atoms with Crippen molar-refractivity contribution in [1.82, 2.24) is 5.32 Å². The number of esters is 1. The van der Waals surface area contributed by atoms with Crippen molar-refractivity contribution in [3.8, 4) is 5.75 Å².